The zero-order valence-electron chi connectivity index (χ0n) is 21.6. The summed E-state index contributed by atoms with van der Waals surface area (Å²) in [7, 11) is -10.0. The molecule has 1 rings (SSSR count). The van der Waals surface area contributed by atoms with Gasteiger partial charge in [0.15, 0.2) is 5.40 Å². The summed E-state index contributed by atoms with van der Waals surface area (Å²) in [6.07, 6.45) is -0.882. The van der Waals surface area contributed by atoms with Gasteiger partial charge >= 0.3 is 21.3 Å². The molecule has 0 aliphatic rings. The van der Waals surface area contributed by atoms with Crippen molar-refractivity contribution < 1.29 is 43.0 Å². The molecule has 2 amide bonds. The first kappa shape index (κ1) is 35.0. The number of ether oxygens (including phenoxy) is 1. The minimum atomic E-state index is -5.01. The van der Waals surface area contributed by atoms with Crippen LogP contribution in [0.15, 0.2) is 24.3 Å². The van der Waals surface area contributed by atoms with Crippen molar-refractivity contribution in [1.29, 1.82) is 0 Å². The van der Waals surface area contributed by atoms with E-state index in [9.17, 15) is 18.7 Å². The SMILES string of the molecule is CC(C)(C)OC(=O)[N+](CCCl)(CCCl)c1ccc(C[C@H](N)C(=O)NCCCC(P(=O)(O)O)P(=O)(O)O)cc1. The summed E-state index contributed by atoms with van der Waals surface area (Å²) in [5.74, 6) is -0.168. The van der Waals surface area contributed by atoms with E-state index < -0.39 is 50.7 Å². The molecule has 1 aromatic carbocycles. The molecule has 0 spiro atoms. The van der Waals surface area contributed by atoms with E-state index >= 15 is 0 Å². The summed E-state index contributed by atoms with van der Waals surface area (Å²) < 4.78 is 28.1. The molecule has 218 valence electrons. The van der Waals surface area contributed by atoms with Gasteiger partial charge in [0.25, 0.3) is 0 Å². The minimum Gasteiger partial charge on any atom is -0.414 e. The highest BCUT2D eigenvalue weighted by Gasteiger charge is 2.43. The molecule has 0 unspecified atom stereocenters. The second-order valence-electron chi connectivity index (χ2n) is 9.84. The van der Waals surface area contributed by atoms with Gasteiger partial charge in [-0.3, -0.25) is 13.9 Å². The third-order valence-electron chi connectivity index (χ3n) is 5.61. The average molecular weight is 621 g/mol. The molecule has 1 atom stereocenters. The smallest absolute Gasteiger partial charge is 0.414 e. The van der Waals surface area contributed by atoms with Gasteiger partial charge in [0.05, 0.1) is 17.8 Å². The number of nitrogens with zero attached hydrogens (tertiary/aromatic N) is 1. The van der Waals surface area contributed by atoms with Crippen LogP contribution >= 0.6 is 38.4 Å². The van der Waals surface area contributed by atoms with Crippen LogP contribution in [0.2, 0.25) is 0 Å². The molecule has 0 bridgehead atoms. The van der Waals surface area contributed by atoms with Crippen LogP contribution in [0.3, 0.4) is 0 Å². The topological polar surface area (TPSA) is 196 Å². The largest absolute Gasteiger partial charge is 0.521 e. The molecule has 12 nitrogen and oxygen atoms in total. The van der Waals surface area contributed by atoms with Crippen molar-refractivity contribution in [1.82, 2.24) is 9.80 Å². The Hall–Kier alpha value is -1.04. The van der Waals surface area contributed by atoms with Gasteiger partial charge in [-0.25, -0.2) is 0 Å². The van der Waals surface area contributed by atoms with Gasteiger partial charge in [0, 0.05) is 18.7 Å². The van der Waals surface area contributed by atoms with E-state index in [2.05, 4.69) is 5.32 Å². The normalized spacial score (nSPS) is 13.9. The van der Waals surface area contributed by atoms with Crippen molar-refractivity contribution >= 4 is 56.1 Å². The number of hydrogen-bond acceptors (Lipinski definition) is 6. The highest BCUT2D eigenvalue weighted by atomic mass is 35.5. The van der Waals surface area contributed by atoms with Crippen molar-refractivity contribution in [2.24, 2.45) is 5.73 Å². The van der Waals surface area contributed by atoms with Gasteiger partial charge in [-0.15, -0.1) is 23.2 Å². The van der Waals surface area contributed by atoms with Crippen molar-refractivity contribution in [2.75, 3.05) is 31.4 Å². The van der Waals surface area contributed by atoms with Gasteiger partial charge in [0.1, 0.15) is 24.4 Å². The summed E-state index contributed by atoms with van der Waals surface area (Å²) >= 11 is 12.1. The van der Waals surface area contributed by atoms with Gasteiger partial charge in [0.2, 0.25) is 5.91 Å². The Bertz CT molecular complexity index is 998. The quantitative estimate of drug-likeness (QED) is 0.0778. The lowest BCUT2D eigenvalue weighted by Gasteiger charge is -2.35. The number of carbonyl (C=O) groups is 2. The van der Waals surface area contributed by atoms with E-state index in [-0.39, 0.29) is 48.7 Å². The predicted octanol–water partition coefficient (Wildman–Crippen LogP) is 2.85. The van der Waals surface area contributed by atoms with Gasteiger partial charge in [-0.2, -0.15) is 9.28 Å². The molecule has 0 aliphatic carbocycles. The van der Waals surface area contributed by atoms with Crippen LogP contribution in [0, 0.1) is 0 Å². The van der Waals surface area contributed by atoms with Crippen LogP contribution in [0.25, 0.3) is 0 Å². The third kappa shape index (κ3) is 10.8. The van der Waals surface area contributed by atoms with E-state index in [0.717, 1.165) is 0 Å². The fraction of sp³-hybridized carbons (Fsp3) is 0.636. The maximum absolute atomic E-state index is 13.2. The second-order valence-corrected chi connectivity index (χ2v) is 14.6. The molecular weight excluding hydrogens is 583 g/mol. The van der Waals surface area contributed by atoms with Crippen molar-refractivity contribution in [3.8, 4) is 0 Å². The Labute approximate surface area is 232 Å². The Balaban J connectivity index is 2.86. The number of nitrogens with one attached hydrogen (secondary N) is 1. The lowest BCUT2D eigenvalue weighted by atomic mass is 10.0. The first-order chi connectivity index (χ1) is 17.4. The highest BCUT2D eigenvalue weighted by molar-refractivity contribution is 7.70. The van der Waals surface area contributed by atoms with Gasteiger partial charge in [-0.1, -0.05) is 12.1 Å². The lowest BCUT2D eigenvalue weighted by Crippen LogP contribution is -2.58. The number of rotatable bonds is 14. The Morgan fingerprint density at radius 2 is 1.53 bits per heavy atom. The fourth-order valence-corrected chi connectivity index (χ4v) is 6.90. The Morgan fingerprint density at radius 1 is 1.03 bits per heavy atom. The molecule has 0 aliphatic heterocycles. The van der Waals surface area contributed by atoms with Crippen molar-refractivity contribution in [2.45, 2.75) is 57.1 Å². The van der Waals surface area contributed by atoms with Crippen LogP contribution in [0.5, 0.6) is 0 Å². The maximum Gasteiger partial charge on any atom is 0.521 e. The Kier molecular flexibility index (Phi) is 13.4. The number of carbonyl (C=O) groups excluding carboxylic acids is 2. The zero-order chi connectivity index (χ0) is 29.4. The zero-order valence-corrected chi connectivity index (χ0v) is 24.9. The maximum atomic E-state index is 13.2. The predicted molar refractivity (Wildman–Crippen MR) is 147 cm³/mol. The summed E-state index contributed by atoms with van der Waals surface area (Å²) in [5, 5.41) is 0.381. The molecule has 0 heterocycles. The molecular formula is C22H38Cl2N3O9P2+. The molecule has 0 saturated heterocycles. The number of hydrogen-bond donors (Lipinski definition) is 6. The van der Waals surface area contributed by atoms with E-state index in [1.807, 2.05) is 0 Å². The number of nitrogens with two attached hydrogens (primary N) is 1. The molecule has 0 aromatic heterocycles. The first-order valence-electron chi connectivity index (χ1n) is 11.8. The van der Waals surface area contributed by atoms with Gasteiger partial charge in [-0.05, 0) is 45.6 Å². The molecule has 0 saturated carbocycles. The number of amides is 2. The van der Waals surface area contributed by atoms with E-state index in [4.69, 9.17) is 53.2 Å². The number of alkyl halides is 2. The van der Waals surface area contributed by atoms with Crippen molar-refractivity contribution in [3.63, 3.8) is 0 Å². The molecule has 0 radical (unpaired) electrons. The number of quaternary nitrogens is 1. The minimum absolute atomic E-state index is 0.0696. The van der Waals surface area contributed by atoms with Crippen LogP contribution in [-0.2, 0) is 25.1 Å². The number of benzene rings is 1. The monoisotopic (exact) mass is 620 g/mol. The summed E-state index contributed by atoms with van der Waals surface area (Å²) in [6.45, 7) is 5.75. The second kappa shape index (κ2) is 14.6. The average Bonchev–Trinajstić information content (AvgIpc) is 2.76. The van der Waals surface area contributed by atoms with Crippen LogP contribution < -0.4 is 15.5 Å². The van der Waals surface area contributed by atoms with Crippen LogP contribution in [0.1, 0.15) is 39.2 Å². The standard InChI is InChI=1S/C22H37Cl2N3O9P2/c1-22(2,3)36-21(29)27(13-10-23,14-11-24)17-8-6-16(7-9-17)15-18(25)20(28)26-12-4-5-19(37(30,31)32)38(33,34)35/h6-9,18-19H,4-5,10-15,25H2,1-3H3,(H4-,26,28,30,31,32,33,34,35)/p+1/t18-/m0/s1. The highest BCUT2D eigenvalue weighted by Crippen LogP contribution is 2.61. The van der Waals surface area contributed by atoms with Crippen LogP contribution in [0.4, 0.5) is 10.5 Å². The fourth-order valence-electron chi connectivity index (χ4n) is 3.72. The molecule has 38 heavy (non-hydrogen) atoms. The molecule has 7 N–H and O–H groups in total. The van der Waals surface area contributed by atoms with Crippen molar-refractivity contribution in [3.05, 3.63) is 29.8 Å². The van der Waals surface area contributed by atoms with E-state index in [0.29, 0.717) is 11.3 Å². The van der Waals surface area contributed by atoms with Gasteiger partial charge < -0.3 is 35.4 Å². The summed E-state index contributed by atoms with van der Waals surface area (Å²) in [6, 6.07) is 5.96. The van der Waals surface area contributed by atoms with E-state index in [1.54, 1.807) is 45.0 Å². The summed E-state index contributed by atoms with van der Waals surface area (Å²) in [4.78, 5) is 62.2. The lowest BCUT2D eigenvalue weighted by molar-refractivity contribution is -0.122. The Morgan fingerprint density at radius 3 is 1.95 bits per heavy atom. The molecule has 1 aromatic rings. The van der Waals surface area contributed by atoms with E-state index in [1.165, 1.54) is 0 Å². The van der Waals surface area contributed by atoms with Crippen LogP contribution in [-0.4, -0.2) is 80.0 Å². The summed E-state index contributed by atoms with van der Waals surface area (Å²) in [5.41, 5.74) is 6.60. The first-order valence-corrected chi connectivity index (χ1v) is 16.3. The third-order valence-corrected chi connectivity index (χ3v) is 9.83. The molecule has 16 heteroatoms. The molecule has 0 fully saturated rings. The number of halogens is 2.